The first-order valence-electron chi connectivity index (χ1n) is 34.6. The number of aromatic nitrogens is 20. The molecule has 0 atom stereocenters. The van der Waals surface area contributed by atoms with Crippen LogP contribution in [0, 0.1) is 26.7 Å². The molecule has 0 saturated carbocycles. The van der Waals surface area contributed by atoms with Gasteiger partial charge in [-0.1, -0.05) is 142 Å². The summed E-state index contributed by atoms with van der Waals surface area (Å²) < 4.78 is 244. The maximum Gasteiger partial charge on any atom is 1.00 e. The van der Waals surface area contributed by atoms with Crippen LogP contribution in [-0.4, -0.2) is 119 Å². The molecule has 128 heavy (non-hydrogen) atoms. The van der Waals surface area contributed by atoms with Crippen molar-refractivity contribution in [3.8, 4) is 0 Å². The first-order chi connectivity index (χ1) is 57.3. The monoisotopic (exact) mass is 2280 g/mol. The van der Waals surface area contributed by atoms with Gasteiger partial charge in [-0.2, -0.15) is 0 Å². The second kappa shape index (κ2) is 41.9. The van der Waals surface area contributed by atoms with Gasteiger partial charge in [0.1, 0.15) is 0 Å². The SMILES string of the molecule is C1=CN(c2ncccn2)[CH-]N1Cc1cn(Cc2ccccc2)nn1.C1=CN(c2ncccn2)[CH-]N1Cc1cn(Cc2ccccc2)nn1.C1=CN(c2ncccn2)[CH-]N1Cc1cn(Cc2ccccc2)nn1.C1=CN(c2ncccn2)[CH-]N1Cc1cn(Cc2ccccc2)nn1.F[P-](F)(F)(F)(F)F.F[P-](F)(F)(F)(F)F.F[P-](F)(F)(F)(F)F.F[P-](F)(F)(F)(F)F.[Ag+].[Ag+].[Ag+].[Ag+]. The van der Waals surface area contributed by atoms with E-state index in [1.807, 2.05) is 232 Å². The summed E-state index contributed by atoms with van der Waals surface area (Å²) in [6, 6.07) is 48.1. The molecule has 0 bridgehead atoms. The molecule has 28 nitrogen and oxygen atoms in total. The Balaban J connectivity index is 0.000000272. The van der Waals surface area contributed by atoms with Crippen molar-refractivity contribution in [2.75, 3.05) is 19.6 Å². The van der Waals surface area contributed by atoms with E-state index in [9.17, 15) is 101 Å². The van der Waals surface area contributed by atoms with Crippen molar-refractivity contribution in [2.45, 2.75) is 52.4 Å². The third kappa shape index (κ3) is 50.8. The molecule has 0 unspecified atom stereocenters. The minimum Gasteiger partial charge on any atom is 1.00 e. The zero-order valence-corrected chi connectivity index (χ0v) is 73.5. The standard InChI is InChI=1S/4C17H16N7.4Ag.4F6P/c4*1-2-5-15(6-3-1)11-24-13-16(20-21-24)12-22-9-10-23(14-22)17-18-7-4-8-19-17;;;;;4*1-7(2,3,4,5)6/h4*1-10,13-14H,11-12H2;;;;;;;;/q4*-1;4*+1;4*-1. The fourth-order valence-electron chi connectivity index (χ4n) is 9.91. The van der Waals surface area contributed by atoms with Crippen molar-refractivity contribution in [1.29, 1.82) is 0 Å². The van der Waals surface area contributed by atoms with Gasteiger partial charge in [0.25, 0.3) is 0 Å². The average Bonchev–Trinajstić information content (AvgIpc) is 0.990. The van der Waals surface area contributed by atoms with Crippen LogP contribution in [0.1, 0.15) is 45.0 Å². The van der Waals surface area contributed by atoms with Crippen LogP contribution >= 0.6 is 31.2 Å². The van der Waals surface area contributed by atoms with Gasteiger partial charge in [0, 0.05) is 75.8 Å². The second-order valence-corrected chi connectivity index (χ2v) is 33.2. The molecule has 12 aromatic rings. The van der Waals surface area contributed by atoms with Crippen LogP contribution in [0.25, 0.3) is 0 Å². The zero-order valence-electron chi connectivity index (χ0n) is 64.0. The van der Waals surface area contributed by atoms with E-state index >= 15 is 0 Å². The third-order valence-corrected chi connectivity index (χ3v) is 14.4. The van der Waals surface area contributed by atoms with Gasteiger partial charge in [-0.15, -0.1) is 47.1 Å². The van der Waals surface area contributed by atoms with Crippen LogP contribution in [0.5, 0.6) is 0 Å². The van der Waals surface area contributed by atoms with Gasteiger partial charge < -0.3 is 39.2 Å². The molecule has 4 aromatic carbocycles. The van der Waals surface area contributed by atoms with Crippen LogP contribution in [0.2, 0.25) is 0 Å². The molecule has 712 valence electrons. The molecule has 4 aliphatic heterocycles. The molecule has 0 aliphatic carbocycles. The number of nitrogens with zero attached hydrogens (tertiary/aromatic N) is 28. The van der Waals surface area contributed by atoms with Crippen LogP contribution in [0.15, 0.2) is 270 Å². The Hall–Kier alpha value is -9.88. The number of halogens is 24. The fraction of sp³-hybridized carbons (Fsp3) is 0.118. The molecule has 12 heterocycles. The van der Waals surface area contributed by atoms with Gasteiger partial charge in [-0.3, -0.25) is 0 Å². The summed E-state index contributed by atoms with van der Waals surface area (Å²) in [4.78, 5) is 49.4. The first kappa shape index (κ1) is 109. The van der Waals surface area contributed by atoms with Crippen molar-refractivity contribution in [1.82, 2.24) is 119 Å². The zero-order chi connectivity index (χ0) is 90.4. The maximum atomic E-state index is 9.87. The van der Waals surface area contributed by atoms with Crippen molar-refractivity contribution in [2.24, 2.45) is 0 Å². The van der Waals surface area contributed by atoms with Crippen molar-refractivity contribution >= 4 is 55.0 Å². The molecule has 16 rings (SSSR count). The molecular weight excluding hydrogens is 2220 g/mol. The van der Waals surface area contributed by atoms with Gasteiger partial charge in [0.15, 0.2) is 23.8 Å². The fourth-order valence-corrected chi connectivity index (χ4v) is 9.91. The Bertz CT molecular complexity index is 4770. The average molecular weight is 2280 g/mol. The van der Waals surface area contributed by atoms with Gasteiger partial charge in [-0.05, 0) is 96.1 Å². The molecule has 60 heteroatoms. The van der Waals surface area contributed by atoms with Gasteiger partial charge in [-0.25, -0.2) is 58.6 Å². The molecule has 0 amide bonds. The van der Waals surface area contributed by atoms with Crippen LogP contribution in [-0.2, 0) is 142 Å². The predicted octanol–water partition coefficient (Wildman–Crippen LogP) is 21.6. The summed E-state index contributed by atoms with van der Waals surface area (Å²) in [6.45, 7) is 13.2. The van der Waals surface area contributed by atoms with E-state index in [0.29, 0.717) is 50.0 Å². The van der Waals surface area contributed by atoms with E-state index in [1.165, 1.54) is 22.3 Å². The Morgan fingerprint density at radius 3 is 0.523 bits per heavy atom. The van der Waals surface area contributed by atoms with E-state index in [4.69, 9.17) is 0 Å². The topological polar surface area (TPSA) is 252 Å². The molecule has 0 saturated heterocycles. The predicted molar refractivity (Wildman–Crippen MR) is 411 cm³/mol. The molecule has 0 spiro atoms. The summed E-state index contributed by atoms with van der Waals surface area (Å²) in [6.07, 6.45) is 37.2. The quantitative estimate of drug-likeness (QED) is 0.0297. The Morgan fingerprint density at radius 2 is 0.367 bits per heavy atom. The summed E-state index contributed by atoms with van der Waals surface area (Å²) in [5.41, 5.74) is 8.43. The molecular formula is C68H64Ag4F24N28P4-4. The number of rotatable bonds is 20. The van der Waals surface area contributed by atoms with Crippen molar-refractivity contribution < 1.29 is 190 Å². The number of anilines is 4. The van der Waals surface area contributed by atoms with Gasteiger partial charge in [0.05, 0.1) is 73.7 Å². The second-order valence-electron chi connectivity index (χ2n) is 25.6. The molecule has 0 radical (unpaired) electrons. The summed E-state index contributed by atoms with van der Waals surface area (Å²) in [5.74, 6) is 2.57. The number of hydrogen-bond acceptors (Lipinski definition) is 24. The largest absolute Gasteiger partial charge is 1.00 e. The van der Waals surface area contributed by atoms with E-state index in [1.54, 1.807) is 73.8 Å². The minimum atomic E-state index is -10.7. The third-order valence-electron chi connectivity index (χ3n) is 14.4. The van der Waals surface area contributed by atoms with E-state index < -0.39 is 31.2 Å². The summed E-state index contributed by atoms with van der Waals surface area (Å²) in [5, 5.41) is 33.7. The Labute approximate surface area is 772 Å². The van der Waals surface area contributed by atoms with Crippen LogP contribution in [0.3, 0.4) is 0 Å². The van der Waals surface area contributed by atoms with E-state index in [0.717, 1.165) is 49.0 Å². The van der Waals surface area contributed by atoms with Crippen molar-refractivity contribution in [3.63, 3.8) is 0 Å². The van der Waals surface area contributed by atoms with E-state index in [-0.39, 0.29) is 89.5 Å². The van der Waals surface area contributed by atoms with Crippen molar-refractivity contribution in [3.05, 3.63) is 341 Å². The smallest absolute Gasteiger partial charge is 1.00 e. The number of hydrogen-bond donors (Lipinski definition) is 0. The van der Waals surface area contributed by atoms with E-state index in [2.05, 4.69) is 130 Å². The molecule has 8 aromatic heterocycles. The van der Waals surface area contributed by atoms with Gasteiger partial charge in [0.2, 0.25) is 0 Å². The normalized spacial score (nSPS) is 15.3. The Kier molecular flexibility index (Phi) is 35.6. The first-order valence-corrected chi connectivity index (χ1v) is 42.7. The number of benzene rings is 4. The van der Waals surface area contributed by atoms with Crippen LogP contribution < -0.4 is 19.6 Å². The maximum absolute atomic E-state index is 10.7. The molecule has 4 aliphatic rings. The summed E-state index contributed by atoms with van der Waals surface area (Å²) >= 11 is 0. The Morgan fingerprint density at radius 1 is 0.211 bits per heavy atom. The molecule has 0 fully saturated rings. The van der Waals surface area contributed by atoms with Crippen LogP contribution in [0.4, 0.5) is 125 Å². The molecule has 0 N–H and O–H groups in total. The minimum absolute atomic E-state index is 0. The van der Waals surface area contributed by atoms with Gasteiger partial charge >= 0.3 is 221 Å². The summed E-state index contributed by atoms with van der Waals surface area (Å²) in [7, 11) is -42.6.